The van der Waals surface area contributed by atoms with Crippen LogP contribution in [0.15, 0.2) is 47.5 Å². The van der Waals surface area contributed by atoms with Crippen LogP contribution < -0.4 is 4.74 Å². The fraction of sp³-hybridized carbons (Fsp3) is 0.435. The Bertz CT molecular complexity index is 821. The molecule has 28 heavy (non-hydrogen) atoms. The monoisotopic (exact) mass is 389 g/mol. The van der Waals surface area contributed by atoms with Crippen LogP contribution in [-0.4, -0.2) is 12.3 Å². The average molecular weight is 389 g/mol. The van der Waals surface area contributed by atoms with Gasteiger partial charge in [-0.25, -0.2) is 0 Å². The van der Waals surface area contributed by atoms with Gasteiger partial charge in [0.1, 0.15) is 5.75 Å². The second kappa shape index (κ2) is 8.80. The predicted molar refractivity (Wildman–Crippen MR) is 107 cm³/mol. The zero-order valence-corrected chi connectivity index (χ0v) is 16.3. The van der Waals surface area contributed by atoms with E-state index in [1.807, 2.05) is 26.0 Å². The second-order valence-electron chi connectivity index (χ2n) is 7.54. The van der Waals surface area contributed by atoms with E-state index in [1.165, 1.54) is 37.6 Å². The van der Waals surface area contributed by atoms with E-state index in [1.54, 1.807) is 6.07 Å². The van der Waals surface area contributed by atoms with Crippen LogP contribution in [-0.2, 0) is 6.18 Å². The molecule has 2 aromatic rings. The molecular weight excluding hydrogens is 363 g/mol. The Morgan fingerprint density at radius 1 is 1.00 bits per heavy atom. The number of para-hydroxylation sites is 2. The zero-order chi connectivity index (χ0) is 20.1. The molecule has 150 valence electrons. The van der Waals surface area contributed by atoms with E-state index in [0.29, 0.717) is 11.5 Å². The molecule has 0 aromatic heterocycles. The summed E-state index contributed by atoms with van der Waals surface area (Å²) >= 11 is 0. The third kappa shape index (κ3) is 4.94. The Balaban J connectivity index is 1.99. The van der Waals surface area contributed by atoms with Gasteiger partial charge in [0.25, 0.3) is 0 Å². The van der Waals surface area contributed by atoms with Gasteiger partial charge in [-0.15, -0.1) is 0 Å². The van der Waals surface area contributed by atoms with Gasteiger partial charge < -0.3 is 4.74 Å². The summed E-state index contributed by atoms with van der Waals surface area (Å²) in [6.07, 6.45) is 2.92. The first-order valence-electron chi connectivity index (χ1n) is 9.86. The minimum absolute atomic E-state index is 0.0284. The van der Waals surface area contributed by atoms with Gasteiger partial charge in [-0.3, -0.25) is 4.99 Å². The molecule has 0 aliphatic heterocycles. The quantitative estimate of drug-likeness (QED) is 0.492. The van der Waals surface area contributed by atoms with Crippen molar-refractivity contribution in [2.45, 2.75) is 64.1 Å². The Labute approximate surface area is 164 Å². The highest BCUT2D eigenvalue weighted by atomic mass is 19.4. The number of benzene rings is 2. The first-order valence-corrected chi connectivity index (χ1v) is 9.86. The molecule has 0 saturated heterocycles. The lowest BCUT2D eigenvalue weighted by Gasteiger charge is -2.26. The molecule has 3 rings (SSSR count). The summed E-state index contributed by atoms with van der Waals surface area (Å²) in [5, 5.41) is 0. The maximum absolute atomic E-state index is 13.2. The SMILES string of the molecule is CC(C)Oc1c(/C=N/c2ccccc2C(F)(F)F)cccc1C1CCCCC1. The minimum atomic E-state index is -4.44. The summed E-state index contributed by atoms with van der Waals surface area (Å²) in [5.74, 6) is 1.18. The van der Waals surface area contributed by atoms with Crippen molar-refractivity contribution in [3.05, 3.63) is 59.2 Å². The topological polar surface area (TPSA) is 21.6 Å². The largest absolute Gasteiger partial charge is 0.490 e. The molecule has 5 heteroatoms. The number of hydrogen-bond acceptors (Lipinski definition) is 2. The summed E-state index contributed by atoms with van der Waals surface area (Å²) < 4.78 is 45.8. The maximum atomic E-state index is 13.2. The van der Waals surface area contributed by atoms with Gasteiger partial charge in [-0.1, -0.05) is 43.5 Å². The number of hydrogen-bond donors (Lipinski definition) is 0. The Morgan fingerprint density at radius 2 is 1.71 bits per heavy atom. The number of halogens is 3. The normalized spacial score (nSPS) is 16.1. The maximum Gasteiger partial charge on any atom is 0.418 e. The molecule has 1 aliphatic carbocycles. The lowest BCUT2D eigenvalue weighted by Crippen LogP contribution is -2.13. The van der Waals surface area contributed by atoms with E-state index in [4.69, 9.17) is 4.74 Å². The van der Waals surface area contributed by atoms with Gasteiger partial charge in [-0.2, -0.15) is 13.2 Å². The van der Waals surface area contributed by atoms with Crippen molar-refractivity contribution in [1.82, 2.24) is 0 Å². The summed E-state index contributed by atoms with van der Waals surface area (Å²) in [7, 11) is 0. The van der Waals surface area contributed by atoms with Crippen LogP contribution in [0.3, 0.4) is 0 Å². The molecular formula is C23H26F3NO. The average Bonchev–Trinajstić information content (AvgIpc) is 2.67. The third-order valence-corrected chi connectivity index (χ3v) is 5.03. The van der Waals surface area contributed by atoms with Crippen molar-refractivity contribution in [2.75, 3.05) is 0 Å². The van der Waals surface area contributed by atoms with Gasteiger partial charge in [0.2, 0.25) is 0 Å². The van der Waals surface area contributed by atoms with Crippen molar-refractivity contribution in [1.29, 1.82) is 0 Å². The van der Waals surface area contributed by atoms with Gasteiger partial charge in [0.05, 0.1) is 17.4 Å². The van der Waals surface area contributed by atoms with Crippen molar-refractivity contribution in [2.24, 2.45) is 4.99 Å². The van der Waals surface area contributed by atoms with Crippen molar-refractivity contribution >= 4 is 11.9 Å². The van der Waals surface area contributed by atoms with Gasteiger partial charge >= 0.3 is 6.18 Å². The van der Waals surface area contributed by atoms with Crippen molar-refractivity contribution in [3.8, 4) is 5.75 Å². The van der Waals surface area contributed by atoms with Gasteiger partial charge in [-0.05, 0) is 56.4 Å². The van der Waals surface area contributed by atoms with E-state index in [2.05, 4.69) is 11.1 Å². The van der Waals surface area contributed by atoms with Crippen LogP contribution in [0, 0.1) is 0 Å². The highest BCUT2D eigenvalue weighted by Gasteiger charge is 2.33. The summed E-state index contributed by atoms with van der Waals surface area (Å²) in [6.45, 7) is 3.91. The van der Waals surface area contributed by atoms with Crippen molar-refractivity contribution in [3.63, 3.8) is 0 Å². The number of aliphatic imine (C=N–C) groups is 1. The fourth-order valence-corrected chi connectivity index (χ4v) is 3.75. The minimum Gasteiger partial charge on any atom is -0.490 e. The molecule has 0 heterocycles. The Morgan fingerprint density at radius 3 is 2.39 bits per heavy atom. The van der Waals surface area contributed by atoms with E-state index < -0.39 is 11.7 Å². The Hall–Kier alpha value is -2.30. The molecule has 0 bridgehead atoms. The molecule has 2 nitrogen and oxygen atoms in total. The molecule has 1 saturated carbocycles. The summed E-state index contributed by atoms with van der Waals surface area (Å²) in [6, 6.07) is 11.2. The molecule has 1 fully saturated rings. The smallest absolute Gasteiger partial charge is 0.418 e. The zero-order valence-electron chi connectivity index (χ0n) is 16.3. The Kier molecular flexibility index (Phi) is 6.42. The molecule has 0 spiro atoms. The number of alkyl halides is 3. The summed E-state index contributed by atoms with van der Waals surface area (Å²) in [4.78, 5) is 4.17. The molecule has 0 N–H and O–H groups in total. The molecule has 0 amide bonds. The van der Waals surface area contributed by atoms with Crippen LogP contribution in [0.5, 0.6) is 5.75 Å². The first kappa shape index (κ1) is 20.4. The van der Waals surface area contributed by atoms with Crippen LogP contribution in [0.4, 0.5) is 18.9 Å². The van der Waals surface area contributed by atoms with Gasteiger partial charge in [0, 0.05) is 11.8 Å². The molecule has 0 unspecified atom stereocenters. The van der Waals surface area contributed by atoms with Gasteiger partial charge in [0.15, 0.2) is 0 Å². The highest BCUT2D eigenvalue weighted by Crippen LogP contribution is 2.40. The number of ether oxygens (including phenoxy) is 1. The standard InChI is InChI=1S/C23H26F3NO/c1-16(2)28-22-18(11-8-12-19(22)17-9-4-3-5-10-17)15-27-21-14-7-6-13-20(21)23(24,25)26/h6-8,11-17H,3-5,9-10H2,1-2H3/b27-15+. The van der Waals surface area contributed by atoms with E-state index in [0.717, 1.165) is 30.2 Å². The second-order valence-corrected chi connectivity index (χ2v) is 7.54. The van der Waals surface area contributed by atoms with E-state index in [9.17, 15) is 13.2 Å². The summed E-state index contributed by atoms with van der Waals surface area (Å²) in [5.41, 5.74) is 1.03. The molecule has 0 radical (unpaired) electrons. The van der Waals surface area contributed by atoms with Crippen LogP contribution in [0.25, 0.3) is 0 Å². The molecule has 0 atom stereocenters. The van der Waals surface area contributed by atoms with Crippen LogP contribution in [0.1, 0.15) is 68.6 Å². The van der Waals surface area contributed by atoms with Crippen LogP contribution >= 0.6 is 0 Å². The highest BCUT2D eigenvalue weighted by molar-refractivity contribution is 5.86. The number of nitrogens with zero attached hydrogens (tertiary/aromatic N) is 1. The lowest BCUT2D eigenvalue weighted by atomic mass is 9.83. The first-order chi connectivity index (χ1) is 13.4. The lowest BCUT2D eigenvalue weighted by molar-refractivity contribution is -0.137. The van der Waals surface area contributed by atoms with E-state index >= 15 is 0 Å². The fourth-order valence-electron chi connectivity index (χ4n) is 3.75. The van der Waals surface area contributed by atoms with E-state index in [-0.39, 0.29) is 11.8 Å². The van der Waals surface area contributed by atoms with Crippen LogP contribution in [0.2, 0.25) is 0 Å². The molecule has 2 aromatic carbocycles. The number of rotatable bonds is 5. The van der Waals surface area contributed by atoms with Crippen molar-refractivity contribution < 1.29 is 17.9 Å². The predicted octanol–water partition coefficient (Wildman–Crippen LogP) is 7.29. The molecule has 1 aliphatic rings. The third-order valence-electron chi connectivity index (χ3n) is 5.03.